The van der Waals surface area contributed by atoms with Crippen molar-refractivity contribution in [3.05, 3.63) is 75.1 Å². The highest BCUT2D eigenvalue weighted by Gasteiger charge is 2.25. The Morgan fingerprint density at radius 2 is 1.87 bits per heavy atom. The number of ether oxygens (including phenoxy) is 2. The van der Waals surface area contributed by atoms with E-state index in [-0.39, 0.29) is 12.2 Å². The second-order valence-electron chi connectivity index (χ2n) is 7.69. The maximum absolute atomic E-state index is 12.7. The molecule has 0 aliphatic heterocycles. The van der Waals surface area contributed by atoms with Crippen molar-refractivity contribution in [3.8, 4) is 5.75 Å². The van der Waals surface area contributed by atoms with Gasteiger partial charge in [0, 0.05) is 5.56 Å². The summed E-state index contributed by atoms with van der Waals surface area (Å²) in [7, 11) is 0. The average Bonchev–Trinajstić information content (AvgIpc) is 3.23. The Kier molecular flexibility index (Phi) is 5.75. The molecule has 160 valence electrons. The van der Waals surface area contributed by atoms with Crippen LogP contribution < -0.4 is 15.7 Å². The zero-order valence-electron chi connectivity index (χ0n) is 17.4. The Hall–Kier alpha value is -3.61. The minimum absolute atomic E-state index is 0.0993. The van der Waals surface area contributed by atoms with Crippen LogP contribution in [0.15, 0.2) is 51.7 Å². The van der Waals surface area contributed by atoms with Crippen molar-refractivity contribution < 1.29 is 23.5 Å². The second-order valence-corrected chi connectivity index (χ2v) is 7.69. The van der Waals surface area contributed by atoms with Crippen molar-refractivity contribution in [1.29, 1.82) is 0 Å². The average molecular weight is 421 g/mol. The Labute approximate surface area is 179 Å². The third-order valence-corrected chi connectivity index (χ3v) is 5.29. The first kappa shape index (κ1) is 20.7. The number of hydrogen-bond acceptors (Lipinski definition) is 6. The summed E-state index contributed by atoms with van der Waals surface area (Å²) in [6.45, 7) is 3.45. The smallest absolute Gasteiger partial charge is 0.408 e. The third kappa shape index (κ3) is 4.45. The van der Waals surface area contributed by atoms with Crippen molar-refractivity contribution in [3.63, 3.8) is 0 Å². The molecule has 1 aromatic heterocycles. The maximum Gasteiger partial charge on any atom is 0.408 e. The van der Waals surface area contributed by atoms with Gasteiger partial charge in [-0.2, -0.15) is 0 Å². The maximum atomic E-state index is 12.7. The van der Waals surface area contributed by atoms with Gasteiger partial charge in [-0.05, 0) is 61.9 Å². The Morgan fingerprint density at radius 1 is 1.13 bits per heavy atom. The fourth-order valence-corrected chi connectivity index (χ4v) is 3.78. The van der Waals surface area contributed by atoms with E-state index in [9.17, 15) is 14.4 Å². The number of carbonyl (C=O) groups excluding carboxylic acids is 2. The molecule has 0 bridgehead atoms. The van der Waals surface area contributed by atoms with E-state index < -0.39 is 18.1 Å². The number of fused-ring (bicyclic) bond motifs is 3. The van der Waals surface area contributed by atoms with Gasteiger partial charge in [0.15, 0.2) is 0 Å². The molecule has 0 spiro atoms. The molecule has 2 aromatic carbocycles. The fraction of sp³-hybridized carbons (Fsp3) is 0.292. The molecule has 0 unspecified atom stereocenters. The fourth-order valence-electron chi connectivity index (χ4n) is 3.78. The van der Waals surface area contributed by atoms with E-state index >= 15 is 0 Å². The lowest BCUT2D eigenvalue weighted by atomic mass is 10.0. The predicted molar refractivity (Wildman–Crippen MR) is 114 cm³/mol. The summed E-state index contributed by atoms with van der Waals surface area (Å²) in [5, 5.41) is 3.13. The summed E-state index contributed by atoms with van der Waals surface area (Å²) in [6, 6.07) is 11.8. The van der Waals surface area contributed by atoms with Crippen LogP contribution in [0.1, 0.15) is 35.6 Å². The van der Waals surface area contributed by atoms with E-state index in [2.05, 4.69) is 5.32 Å². The zero-order chi connectivity index (χ0) is 22.0. The minimum atomic E-state index is -0.928. The van der Waals surface area contributed by atoms with E-state index in [4.69, 9.17) is 13.9 Å². The molecule has 7 nitrogen and oxygen atoms in total. The van der Waals surface area contributed by atoms with Crippen molar-refractivity contribution in [2.75, 3.05) is 0 Å². The van der Waals surface area contributed by atoms with Gasteiger partial charge in [0.25, 0.3) is 0 Å². The highest BCUT2D eigenvalue weighted by Crippen LogP contribution is 2.35. The van der Waals surface area contributed by atoms with Gasteiger partial charge in [-0.15, -0.1) is 0 Å². The van der Waals surface area contributed by atoms with Gasteiger partial charge >= 0.3 is 17.7 Å². The van der Waals surface area contributed by atoms with Crippen LogP contribution in [-0.2, 0) is 29.0 Å². The summed E-state index contributed by atoms with van der Waals surface area (Å²) in [5.41, 5.74) is 3.21. The second kappa shape index (κ2) is 8.63. The molecule has 1 aliphatic carbocycles. The SMILES string of the molecule is Cc1cc(OC(=O)[C@H](C)NC(=O)OCc2ccccc2)c2c3c(c(=O)oc2c1)CCC3. The molecule has 3 aromatic rings. The number of benzene rings is 2. The molecule has 0 saturated carbocycles. The van der Waals surface area contributed by atoms with Gasteiger partial charge in [-0.1, -0.05) is 30.3 Å². The largest absolute Gasteiger partial charge is 0.445 e. The number of hydrogen-bond donors (Lipinski definition) is 1. The first-order valence-electron chi connectivity index (χ1n) is 10.2. The van der Waals surface area contributed by atoms with Crippen molar-refractivity contribution >= 4 is 23.0 Å². The molecule has 0 saturated heterocycles. The highest BCUT2D eigenvalue weighted by atomic mass is 16.6. The van der Waals surface area contributed by atoms with Gasteiger partial charge in [0.05, 0.1) is 5.39 Å². The molecule has 7 heteroatoms. The summed E-state index contributed by atoms with van der Waals surface area (Å²) in [6.07, 6.45) is 1.52. The Balaban J connectivity index is 1.48. The number of alkyl carbamates (subject to hydrolysis) is 1. The molecule has 1 N–H and O–H groups in total. The van der Waals surface area contributed by atoms with Gasteiger partial charge in [-0.3, -0.25) is 0 Å². The van der Waals surface area contributed by atoms with Crippen molar-refractivity contribution in [2.45, 2.75) is 45.8 Å². The molecule has 1 atom stereocenters. The summed E-state index contributed by atoms with van der Waals surface area (Å²) in [5.74, 6) is -0.310. The van der Waals surface area contributed by atoms with E-state index in [1.165, 1.54) is 6.92 Å². The summed E-state index contributed by atoms with van der Waals surface area (Å²) in [4.78, 5) is 36.9. The van der Waals surface area contributed by atoms with Crippen molar-refractivity contribution in [1.82, 2.24) is 5.32 Å². The number of aryl methyl sites for hydroxylation is 2. The van der Waals surface area contributed by atoms with E-state index in [1.807, 2.05) is 37.3 Å². The lowest BCUT2D eigenvalue weighted by Gasteiger charge is -2.16. The lowest BCUT2D eigenvalue weighted by molar-refractivity contribution is -0.136. The quantitative estimate of drug-likeness (QED) is 0.382. The van der Waals surface area contributed by atoms with Crippen LogP contribution in [-0.4, -0.2) is 18.1 Å². The van der Waals surface area contributed by atoms with Crippen LogP contribution >= 0.6 is 0 Å². The van der Waals surface area contributed by atoms with Gasteiger partial charge < -0.3 is 19.2 Å². The van der Waals surface area contributed by atoms with Crippen LogP contribution in [0.4, 0.5) is 4.79 Å². The van der Waals surface area contributed by atoms with Gasteiger partial charge in [0.2, 0.25) is 0 Å². The van der Waals surface area contributed by atoms with E-state index in [0.717, 1.165) is 29.5 Å². The third-order valence-electron chi connectivity index (χ3n) is 5.29. The topological polar surface area (TPSA) is 94.8 Å². The molecule has 1 aliphatic rings. The Bertz CT molecular complexity index is 1200. The number of amides is 1. The molecular weight excluding hydrogens is 398 g/mol. The van der Waals surface area contributed by atoms with Crippen LogP contribution in [0, 0.1) is 6.92 Å². The first-order valence-corrected chi connectivity index (χ1v) is 10.2. The van der Waals surface area contributed by atoms with Crippen LogP contribution in [0.2, 0.25) is 0 Å². The van der Waals surface area contributed by atoms with Crippen LogP contribution in [0.5, 0.6) is 5.75 Å². The normalized spacial score (nSPS) is 13.5. The zero-order valence-corrected chi connectivity index (χ0v) is 17.4. The standard InChI is InChI=1S/C24H23NO6/c1-14-11-19(21-17-9-6-10-18(17)23(27)31-20(21)12-14)30-22(26)15(2)25-24(28)29-13-16-7-4-3-5-8-16/h3-5,7-8,11-12,15H,6,9-10,13H2,1-2H3,(H,25,28)/t15-/m0/s1. The minimum Gasteiger partial charge on any atom is -0.445 e. The molecular formula is C24H23NO6. The summed E-state index contributed by atoms with van der Waals surface area (Å²) >= 11 is 0. The molecule has 4 rings (SSSR count). The molecule has 1 heterocycles. The molecule has 1 amide bonds. The lowest BCUT2D eigenvalue weighted by Crippen LogP contribution is -2.41. The monoisotopic (exact) mass is 421 g/mol. The number of rotatable bonds is 5. The van der Waals surface area contributed by atoms with E-state index in [0.29, 0.717) is 28.7 Å². The molecule has 0 fully saturated rings. The van der Waals surface area contributed by atoms with Crippen molar-refractivity contribution in [2.24, 2.45) is 0 Å². The molecule has 0 radical (unpaired) electrons. The van der Waals surface area contributed by atoms with Crippen LogP contribution in [0.25, 0.3) is 11.0 Å². The highest BCUT2D eigenvalue weighted by molar-refractivity contribution is 5.92. The number of esters is 1. The number of carbonyl (C=O) groups is 2. The van der Waals surface area contributed by atoms with Gasteiger partial charge in [0.1, 0.15) is 24.0 Å². The Morgan fingerprint density at radius 3 is 2.65 bits per heavy atom. The summed E-state index contributed by atoms with van der Waals surface area (Å²) < 4.78 is 16.3. The first-order chi connectivity index (χ1) is 14.9. The number of nitrogens with one attached hydrogen (secondary N) is 1. The van der Waals surface area contributed by atoms with Gasteiger partial charge in [-0.25, -0.2) is 14.4 Å². The predicted octanol–water partition coefficient (Wildman–Crippen LogP) is 3.81. The van der Waals surface area contributed by atoms with Crippen LogP contribution in [0.3, 0.4) is 0 Å². The van der Waals surface area contributed by atoms with E-state index in [1.54, 1.807) is 12.1 Å². The molecule has 31 heavy (non-hydrogen) atoms.